The fourth-order valence-corrected chi connectivity index (χ4v) is 4.40. The Morgan fingerprint density at radius 2 is 1.29 bits per heavy atom. The number of aromatic hydroxyl groups is 2. The molecule has 1 saturated carbocycles. The molecule has 0 bridgehead atoms. The first kappa shape index (κ1) is 16.7. The molecule has 24 heavy (non-hydrogen) atoms. The SMILES string of the molecule is Cc1c(O)ccc(C2(c3ccc(O)c(N)c3C)CCCCC2)c1C. The zero-order chi connectivity index (χ0) is 17.5. The lowest BCUT2D eigenvalue weighted by molar-refractivity contribution is 0.342. The Morgan fingerprint density at radius 3 is 1.92 bits per heavy atom. The van der Waals surface area contributed by atoms with E-state index in [0.717, 1.165) is 29.5 Å². The maximum Gasteiger partial charge on any atom is 0.138 e. The van der Waals surface area contributed by atoms with E-state index in [-0.39, 0.29) is 11.2 Å². The van der Waals surface area contributed by atoms with Gasteiger partial charge in [-0.05, 0) is 73.6 Å². The molecule has 4 N–H and O–H groups in total. The number of rotatable bonds is 2. The Labute approximate surface area is 144 Å². The minimum atomic E-state index is -0.0906. The van der Waals surface area contributed by atoms with Gasteiger partial charge in [0.2, 0.25) is 0 Å². The number of benzene rings is 2. The molecule has 0 aliphatic heterocycles. The molecule has 0 saturated heterocycles. The lowest BCUT2D eigenvalue weighted by Crippen LogP contribution is -2.32. The Morgan fingerprint density at radius 1 is 0.750 bits per heavy atom. The monoisotopic (exact) mass is 325 g/mol. The molecule has 0 atom stereocenters. The van der Waals surface area contributed by atoms with Gasteiger partial charge in [0.25, 0.3) is 0 Å². The summed E-state index contributed by atoms with van der Waals surface area (Å²) in [6, 6.07) is 7.64. The number of nitrogen functional groups attached to an aromatic ring is 1. The van der Waals surface area contributed by atoms with Gasteiger partial charge in [-0.3, -0.25) is 0 Å². The first-order chi connectivity index (χ1) is 11.4. The molecule has 0 unspecified atom stereocenters. The molecule has 3 heteroatoms. The first-order valence-corrected chi connectivity index (χ1v) is 8.76. The number of nitrogens with two attached hydrogens (primary N) is 1. The van der Waals surface area contributed by atoms with Crippen molar-refractivity contribution in [1.82, 2.24) is 0 Å². The van der Waals surface area contributed by atoms with Crippen LogP contribution >= 0.6 is 0 Å². The number of hydrogen-bond donors (Lipinski definition) is 3. The molecular weight excluding hydrogens is 298 g/mol. The van der Waals surface area contributed by atoms with Crippen LogP contribution in [0.2, 0.25) is 0 Å². The Bertz CT molecular complexity index is 714. The maximum absolute atomic E-state index is 10.1. The summed E-state index contributed by atoms with van der Waals surface area (Å²) in [5.74, 6) is 0.505. The van der Waals surface area contributed by atoms with Gasteiger partial charge < -0.3 is 15.9 Å². The van der Waals surface area contributed by atoms with Gasteiger partial charge >= 0.3 is 0 Å². The lowest BCUT2D eigenvalue weighted by atomic mass is 9.63. The van der Waals surface area contributed by atoms with E-state index in [1.54, 1.807) is 6.07 Å². The molecule has 1 aliphatic rings. The predicted octanol–water partition coefficient (Wildman–Crippen LogP) is 4.86. The molecule has 1 aliphatic carbocycles. The van der Waals surface area contributed by atoms with E-state index in [2.05, 4.69) is 13.0 Å². The fraction of sp³-hybridized carbons (Fsp3) is 0.429. The third-order valence-corrected chi connectivity index (χ3v) is 5.99. The van der Waals surface area contributed by atoms with Crippen molar-refractivity contribution in [1.29, 1.82) is 0 Å². The van der Waals surface area contributed by atoms with Crippen molar-refractivity contribution in [2.45, 2.75) is 58.3 Å². The van der Waals surface area contributed by atoms with E-state index in [1.165, 1.54) is 30.4 Å². The summed E-state index contributed by atoms with van der Waals surface area (Å²) in [6.07, 6.45) is 5.76. The van der Waals surface area contributed by atoms with Crippen LogP contribution in [0.15, 0.2) is 24.3 Å². The number of phenols is 2. The molecule has 0 amide bonds. The molecule has 128 valence electrons. The van der Waals surface area contributed by atoms with Crippen LogP contribution in [0, 0.1) is 20.8 Å². The molecule has 0 aromatic heterocycles. The third kappa shape index (κ3) is 2.43. The molecule has 1 fully saturated rings. The highest BCUT2D eigenvalue weighted by Gasteiger charge is 2.38. The normalized spacial score (nSPS) is 17.0. The van der Waals surface area contributed by atoms with Crippen LogP contribution in [0.1, 0.15) is 59.9 Å². The summed E-state index contributed by atoms with van der Waals surface area (Å²) in [7, 11) is 0. The molecule has 2 aromatic carbocycles. The minimum Gasteiger partial charge on any atom is -0.508 e. The predicted molar refractivity (Wildman–Crippen MR) is 98.7 cm³/mol. The van der Waals surface area contributed by atoms with Crippen molar-refractivity contribution < 1.29 is 10.2 Å². The lowest BCUT2D eigenvalue weighted by Gasteiger charge is -2.41. The van der Waals surface area contributed by atoms with Crippen molar-refractivity contribution in [3.05, 3.63) is 52.1 Å². The summed E-state index contributed by atoms with van der Waals surface area (Å²) in [4.78, 5) is 0. The molecule has 2 aromatic rings. The first-order valence-electron chi connectivity index (χ1n) is 8.76. The Balaban J connectivity index is 2.28. The second kappa shape index (κ2) is 6.04. The Hall–Kier alpha value is -2.16. The van der Waals surface area contributed by atoms with Gasteiger partial charge in [-0.25, -0.2) is 0 Å². The zero-order valence-corrected chi connectivity index (χ0v) is 14.8. The van der Waals surface area contributed by atoms with Crippen LogP contribution in [0.3, 0.4) is 0 Å². The van der Waals surface area contributed by atoms with Crippen LogP contribution in [0.5, 0.6) is 11.5 Å². The van der Waals surface area contributed by atoms with Crippen molar-refractivity contribution in [2.75, 3.05) is 5.73 Å². The molecular formula is C21H27NO2. The summed E-state index contributed by atoms with van der Waals surface area (Å²) in [5.41, 5.74) is 12.1. The fourth-order valence-electron chi connectivity index (χ4n) is 4.40. The van der Waals surface area contributed by atoms with Gasteiger partial charge in [0.1, 0.15) is 11.5 Å². The molecule has 0 spiro atoms. The summed E-state index contributed by atoms with van der Waals surface area (Å²) in [5, 5.41) is 20.0. The molecule has 3 rings (SSSR count). The van der Waals surface area contributed by atoms with Gasteiger partial charge in [-0.15, -0.1) is 0 Å². The average Bonchev–Trinajstić information content (AvgIpc) is 2.58. The van der Waals surface area contributed by atoms with Crippen molar-refractivity contribution >= 4 is 5.69 Å². The van der Waals surface area contributed by atoms with Gasteiger partial charge in [0, 0.05) is 5.41 Å². The van der Waals surface area contributed by atoms with Gasteiger partial charge in [0.15, 0.2) is 0 Å². The molecule has 3 nitrogen and oxygen atoms in total. The van der Waals surface area contributed by atoms with Crippen LogP contribution in [0.4, 0.5) is 5.69 Å². The summed E-state index contributed by atoms with van der Waals surface area (Å²) >= 11 is 0. The summed E-state index contributed by atoms with van der Waals surface area (Å²) < 4.78 is 0. The van der Waals surface area contributed by atoms with Crippen molar-refractivity contribution in [3.63, 3.8) is 0 Å². The minimum absolute atomic E-state index is 0.0906. The van der Waals surface area contributed by atoms with Crippen LogP contribution in [-0.2, 0) is 5.41 Å². The van der Waals surface area contributed by atoms with Gasteiger partial charge in [-0.2, -0.15) is 0 Å². The number of phenolic OH excluding ortho intramolecular Hbond substituents is 2. The van der Waals surface area contributed by atoms with Gasteiger partial charge in [-0.1, -0.05) is 31.4 Å². The van der Waals surface area contributed by atoms with E-state index < -0.39 is 0 Å². The maximum atomic E-state index is 10.1. The zero-order valence-electron chi connectivity index (χ0n) is 14.8. The van der Waals surface area contributed by atoms with Crippen molar-refractivity contribution in [3.8, 4) is 11.5 Å². The third-order valence-electron chi connectivity index (χ3n) is 5.99. The van der Waals surface area contributed by atoms with Crippen LogP contribution < -0.4 is 5.73 Å². The van der Waals surface area contributed by atoms with Crippen LogP contribution in [-0.4, -0.2) is 10.2 Å². The highest BCUT2D eigenvalue weighted by molar-refractivity contribution is 5.64. The van der Waals surface area contributed by atoms with Crippen LogP contribution in [0.25, 0.3) is 0 Å². The van der Waals surface area contributed by atoms with Crippen molar-refractivity contribution in [2.24, 2.45) is 0 Å². The molecule has 0 radical (unpaired) electrons. The number of anilines is 1. The average molecular weight is 325 g/mol. The number of hydrogen-bond acceptors (Lipinski definition) is 3. The van der Waals surface area contributed by atoms with E-state index in [4.69, 9.17) is 5.73 Å². The second-order valence-electron chi connectivity index (χ2n) is 7.20. The standard InChI is InChI=1S/C21H27NO2/c1-13-14(2)18(23)9-7-16(13)21(11-5-4-6-12-21)17-8-10-19(24)20(22)15(17)3/h7-10,23-24H,4-6,11-12,22H2,1-3H3. The topological polar surface area (TPSA) is 66.5 Å². The van der Waals surface area contributed by atoms with E-state index in [1.807, 2.05) is 26.0 Å². The molecule has 0 heterocycles. The van der Waals surface area contributed by atoms with Gasteiger partial charge in [0.05, 0.1) is 5.69 Å². The van der Waals surface area contributed by atoms with E-state index in [9.17, 15) is 10.2 Å². The smallest absolute Gasteiger partial charge is 0.138 e. The second-order valence-corrected chi connectivity index (χ2v) is 7.20. The van der Waals surface area contributed by atoms with E-state index >= 15 is 0 Å². The largest absolute Gasteiger partial charge is 0.508 e. The summed E-state index contributed by atoms with van der Waals surface area (Å²) in [6.45, 7) is 6.08. The quantitative estimate of drug-likeness (QED) is 0.546. The highest BCUT2D eigenvalue weighted by atomic mass is 16.3. The van der Waals surface area contributed by atoms with E-state index in [0.29, 0.717) is 11.4 Å². The highest BCUT2D eigenvalue weighted by Crippen LogP contribution is 2.49. The Kier molecular flexibility index (Phi) is 4.20.